The lowest BCUT2D eigenvalue weighted by Gasteiger charge is -2.07. The van der Waals surface area contributed by atoms with Crippen molar-refractivity contribution >= 4 is 12.1 Å². The molecule has 102 valence electrons. The summed E-state index contributed by atoms with van der Waals surface area (Å²) < 4.78 is 31.6. The number of Topliss-reactive ketones (excluding diaryl/α,β-unsaturated/α-hetero) is 1. The molecule has 5 heteroatoms. The zero-order valence-corrected chi connectivity index (χ0v) is 10.3. The number of hydrogen-bond acceptors (Lipinski definition) is 3. The van der Waals surface area contributed by atoms with Gasteiger partial charge in [0, 0.05) is 11.6 Å². The van der Waals surface area contributed by atoms with Crippen LogP contribution in [-0.2, 0) is 0 Å². The molecule has 0 N–H and O–H groups in total. The van der Waals surface area contributed by atoms with Crippen molar-refractivity contribution in [3.8, 4) is 5.75 Å². The SMILES string of the molecule is O=Cc1cc(F)cc(OCC(=O)c2ccccc2F)c1. The third-order valence-electron chi connectivity index (χ3n) is 2.57. The van der Waals surface area contributed by atoms with Gasteiger partial charge in [-0.1, -0.05) is 12.1 Å². The van der Waals surface area contributed by atoms with Gasteiger partial charge in [0.2, 0.25) is 5.78 Å². The van der Waals surface area contributed by atoms with Crippen molar-refractivity contribution in [2.75, 3.05) is 6.61 Å². The van der Waals surface area contributed by atoms with Crippen LogP contribution in [0.15, 0.2) is 42.5 Å². The van der Waals surface area contributed by atoms with Gasteiger partial charge in [-0.05, 0) is 24.3 Å². The standard InChI is InChI=1S/C15H10F2O3/c16-11-5-10(8-18)6-12(7-11)20-9-15(19)13-3-1-2-4-14(13)17/h1-8H,9H2. The van der Waals surface area contributed by atoms with Gasteiger partial charge in [-0.2, -0.15) is 0 Å². The van der Waals surface area contributed by atoms with Crippen molar-refractivity contribution in [1.82, 2.24) is 0 Å². The Bertz CT molecular complexity index is 653. The largest absolute Gasteiger partial charge is 0.485 e. The van der Waals surface area contributed by atoms with Crippen molar-refractivity contribution in [1.29, 1.82) is 0 Å². The number of carbonyl (C=O) groups is 2. The van der Waals surface area contributed by atoms with E-state index in [0.29, 0.717) is 6.29 Å². The summed E-state index contributed by atoms with van der Waals surface area (Å²) in [4.78, 5) is 22.3. The van der Waals surface area contributed by atoms with Crippen LogP contribution in [0.4, 0.5) is 8.78 Å². The Balaban J connectivity index is 2.09. The maximum atomic E-state index is 13.4. The second kappa shape index (κ2) is 6.06. The zero-order chi connectivity index (χ0) is 14.5. The van der Waals surface area contributed by atoms with Crippen LogP contribution in [0.1, 0.15) is 20.7 Å². The van der Waals surface area contributed by atoms with E-state index >= 15 is 0 Å². The quantitative estimate of drug-likeness (QED) is 0.622. The Morgan fingerprint density at radius 2 is 1.90 bits per heavy atom. The molecule has 0 bridgehead atoms. The first-order valence-corrected chi connectivity index (χ1v) is 5.76. The molecule has 0 aliphatic rings. The highest BCUT2D eigenvalue weighted by molar-refractivity contribution is 5.97. The van der Waals surface area contributed by atoms with E-state index < -0.39 is 24.0 Å². The van der Waals surface area contributed by atoms with Crippen LogP contribution in [0, 0.1) is 11.6 Å². The first-order valence-electron chi connectivity index (χ1n) is 5.76. The van der Waals surface area contributed by atoms with Gasteiger partial charge in [-0.15, -0.1) is 0 Å². The van der Waals surface area contributed by atoms with Gasteiger partial charge in [0.25, 0.3) is 0 Å². The second-order valence-corrected chi connectivity index (χ2v) is 4.03. The molecular formula is C15H10F2O3. The Hall–Kier alpha value is -2.56. The van der Waals surface area contributed by atoms with Crippen molar-refractivity contribution in [3.63, 3.8) is 0 Å². The van der Waals surface area contributed by atoms with Crippen LogP contribution in [0.5, 0.6) is 5.75 Å². The number of ether oxygens (including phenoxy) is 1. The van der Waals surface area contributed by atoms with Crippen LogP contribution in [0.2, 0.25) is 0 Å². The molecule has 0 radical (unpaired) electrons. The lowest BCUT2D eigenvalue weighted by molar-refractivity contribution is 0.0917. The molecule has 0 fully saturated rings. The first-order chi connectivity index (χ1) is 9.60. The Labute approximate surface area is 113 Å². The molecule has 0 aliphatic carbocycles. The number of benzene rings is 2. The van der Waals surface area contributed by atoms with E-state index in [2.05, 4.69) is 0 Å². The van der Waals surface area contributed by atoms with E-state index in [1.54, 1.807) is 0 Å². The molecule has 20 heavy (non-hydrogen) atoms. The summed E-state index contributed by atoms with van der Waals surface area (Å²) in [6.45, 7) is -0.442. The molecule has 0 saturated carbocycles. The molecule has 0 amide bonds. The number of halogens is 2. The zero-order valence-electron chi connectivity index (χ0n) is 10.3. The predicted octanol–water partition coefficient (Wildman–Crippen LogP) is 3.04. The summed E-state index contributed by atoms with van der Waals surface area (Å²) in [7, 11) is 0. The van der Waals surface area contributed by atoms with Gasteiger partial charge in [0.05, 0.1) is 5.56 Å². The molecule has 0 atom stereocenters. The van der Waals surface area contributed by atoms with Gasteiger partial charge in [-0.3, -0.25) is 9.59 Å². The fourth-order valence-electron chi connectivity index (χ4n) is 1.65. The minimum absolute atomic E-state index is 0.0387. The van der Waals surface area contributed by atoms with Crippen LogP contribution in [-0.4, -0.2) is 18.7 Å². The highest BCUT2D eigenvalue weighted by Crippen LogP contribution is 2.16. The molecule has 0 unspecified atom stereocenters. The summed E-state index contributed by atoms with van der Waals surface area (Å²) in [5.41, 5.74) is -0.00199. The highest BCUT2D eigenvalue weighted by atomic mass is 19.1. The molecule has 0 spiro atoms. The van der Waals surface area contributed by atoms with Crippen LogP contribution in [0.3, 0.4) is 0 Å². The van der Waals surface area contributed by atoms with Gasteiger partial charge >= 0.3 is 0 Å². The third-order valence-corrected chi connectivity index (χ3v) is 2.57. The maximum Gasteiger partial charge on any atom is 0.203 e. The van der Waals surface area contributed by atoms with Crippen LogP contribution < -0.4 is 4.74 Å². The van der Waals surface area contributed by atoms with Gasteiger partial charge < -0.3 is 4.74 Å². The second-order valence-electron chi connectivity index (χ2n) is 4.03. The van der Waals surface area contributed by atoms with Crippen molar-refractivity contribution < 1.29 is 23.1 Å². The molecule has 2 aromatic carbocycles. The van der Waals surface area contributed by atoms with Gasteiger partial charge in [-0.25, -0.2) is 8.78 Å². The normalized spacial score (nSPS) is 10.1. The summed E-state index contributed by atoms with van der Waals surface area (Å²) >= 11 is 0. The van der Waals surface area contributed by atoms with E-state index in [0.717, 1.165) is 12.1 Å². The van der Waals surface area contributed by atoms with Gasteiger partial charge in [0.1, 0.15) is 23.7 Å². The number of rotatable bonds is 5. The minimum atomic E-state index is -0.650. The smallest absolute Gasteiger partial charge is 0.203 e. The van der Waals surface area contributed by atoms with Crippen molar-refractivity contribution in [2.24, 2.45) is 0 Å². The van der Waals surface area contributed by atoms with E-state index in [9.17, 15) is 18.4 Å². The molecule has 0 aliphatic heterocycles. The average molecular weight is 276 g/mol. The lowest BCUT2D eigenvalue weighted by atomic mass is 10.1. The predicted molar refractivity (Wildman–Crippen MR) is 68.0 cm³/mol. The minimum Gasteiger partial charge on any atom is -0.485 e. The average Bonchev–Trinajstić information content (AvgIpc) is 2.44. The molecule has 0 saturated heterocycles. The molecular weight excluding hydrogens is 266 g/mol. The highest BCUT2D eigenvalue weighted by Gasteiger charge is 2.12. The molecule has 0 aromatic heterocycles. The number of ketones is 1. The monoisotopic (exact) mass is 276 g/mol. The molecule has 2 aromatic rings. The van der Waals surface area contributed by atoms with Crippen molar-refractivity contribution in [2.45, 2.75) is 0 Å². The fourth-order valence-corrected chi connectivity index (χ4v) is 1.65. The summed E-state index contributed by atoms with van der Waals surface area (Å²) in [5.74, 6) is -1.83. The molecule has 2 rings (SSSR count). The van der Waals surface area contributed by atoms with Crippen LogP contribution in [0.25, 0.3) is 0 Å². The van der Waals surface area contributed by atoms with E-state index in [4.69, 9.17) is 4.74 Å². The van der Waals surface area contributed by atoms with E-state index in [-0.39, 0.29) is 16.9 Å². The fraction of sp³-hybridized carbons (Fsp3) is 0.0667. The first kappa shape index (κ1) is 13.9. The Morgan fingerprint density at radius 1 is 1.15 bits per heavy atom. The lowest BCUT2D eigenvalue weighted by Crippen LogP contribution is -2.13. The Morgan fingerprint density at radius 3 is 2.60 bits per heavy atom. The third kappa shape index (κ3) is 3.26. The number of aldehydes is 1. The van der Waals surface area contributed by atoms with E-state index in [1.165, 1.54) is 30.3 Å². The topological polar surface area (TPSA) is 43.4 Å². The van der Waals surface area contributed by atoms with Gasteiger partial charge in [0.15, 0.2) is 6.61 Å². The van der Waals surface area contributed by atoms with E-state index in [1.807, 2.05) is 0 Å². The molecule has 3 nitrogen and oxygen atoms in total. The maximum absolute atomic E-state index is 13.4. The summed E-state index contributed by atoms with van der Waals surface area (Å²) in [5, 5.41) is 0. The summed E-state index contributed by atoms with van der Waals surface area (Å²) in [6.07, 6.45) is 0.467. The van der Waals surface area contributed by atoms with Crippen molar-refractivity contribution in [3.05, 3.63) is 65.2 Å². The summed E-state index contributed by atoms with van der Waals surface area (Å²) in [6, 6.07) is 8.88. The molecule has 0 heterocycles. The van der Waals surface area contributed by atoms with Crippen LogP contribution >= 0.6 is 0 Å². The number of hydrogen-bond donors (Lipinski definition) is 0. The Kier molecular flexibility index (Phi) is 4.20. The number of carbonyl (C=O) groups excluding carboxylic acids is 2.